The van der Waals surface area contributed by atoms with Crippen LogP contribution in [0.1, 0.15) is 24.6 Å². The lowest BCUT2D eigenvalue weighted by atomic mass is 10.2. The fourth-order valence-electron chi connectivity index (χ4n) is 2.60. The van der Waals surface area contributed by atoms with Gasteiger partial charge in [0, 0.05) is 25.0 Å². The Bertz CT molecular complexity index is 924. The van der Waals surface area contributed by atoms with Gasteiger partial charge >= 0.3 is 0 Å². The van der Waals surface area contributed by atoms with Gasteiger partial charge in [0.05, 0.1) is 19.3 Å². The summed E-state index contributed by atoms with van der Waals surface area (Å²) in [5.74, 6) is 2.47. The lowest BCUT2D eigenvalue weighted by molar-refractivity contribution is 0.280. The van der Waals surface area contributed by atoms with E-state index in [1.165, 1.54) is 12.8 Å². The van der Waals surface area contributed by atoms with Crippen molar-refractivity contribution in [3.05, 3.63) is 42.4 Å². The van der Waals surface area contributed by atoms with E-state index in [9.17, 15) is 0 Å². The number of nitrogens with one attached hydrogen (secondary N) is 2. The third-order valence-corrected chi connectivity index (χ3v) is 4.19. The van der Waals surface area contributed by atoms with Crippen LogP contribution in [0.4, 0.5) is 17.5 Å². The zero-order valence-corrected chi connectivity index (χ0v) is 15.2. The van der Waals surface area contributed by atoms with E-state index in [-0.39, 0.29) is 0 Å². The molecule has 3 aromatic rings. The molecule has 1 aliphatic carbocycles. The summed E-state index contributed by atoms with van der Waals surface area (Å²) in [7, 11) is 3.42. The molecule has 0 aliphatic heterocycles. The van der Waals surface area contributed by atoms with Crippen molar-refractivity contribution in [2.45, 2.75) is 25.5 Å². The summed E-state index contributed by atoms with van der Waals surface area (Å²) < 4.78 is 13.2. The fraction of sp³-hybridized carbons (Fsp3) is 0.333. The van der Waals surface area contributed by atoms with Crippen molar-refractivity contribution in [1.82, 2.24) is 25.0 Å². The molecule has 2 aromatic heterocycles. The summed E-state index contributed by atoms with van der Waals surface area (Å²) >= 11 is 0. The van der Waals surface area contributed by atoms with E-state index < -0.39 is 0 Å². The first-order valence-corrected chi connectivity index (χ1v) is 8.74. The van der Waals surface area contributed by atoms with Gasteiger partial charge in [0.2, 0.25) is 5.95 Å². The Kier molecular flexibility index (Phi) is 4.73. The molecule has 1 aromatic carbocycles. The lowest BCUT2D eigenvalue weighted by Crippen LogP contribution is -2.02. The van der Waals surface area contributed by atoms with Gasteiger partial charge in [0.25, 0.3) is 0 Å². The second kappa shape index (κ2) is 7.48. The average Bonchev–Trinajstić information content (AvgIpc) is 3.45. The fourth-order valence-corrected chi connectivity index (χ4v) is 2.60. The number of hydrogen-bond acceptors (Lipinski definition) is 8. The van der Waals surface area contributed by atoms with Crippen LogP contribution in [0.25, 0.3) is 0 Å². The van der Waals surface area contributed by atoms with Crippen molar-refractivity contribution >= 4 is 17.5 Å². The van der Waals surface area contributed by atoms with E-state index in [4.69, 9.17) is 9.47 Å². The zero-order chi connectivity index (χ0) is 18.6. The molecule has 2 heterocycles. The molecule has 0 amide bonds. The summed E-state index contributed by atoms with van der Waals surface area (Å²) in [6.45, 7) is 0.318. The van der Waals surface area contributed by atoms with Gasteiger partial charge in [-0.05, 0) is 31.0 Å². The number of anilines is 3. The van der Waals surface area contributed by atoms with Crippen molar-refractivity contribution in [3.8, 4) is 11.5 Å². The molecule has 1 aliphatic rings. The highest BCUT2D eigenvalue weighted by molar-refractivity contribution is 5.60. The van der Waals surface area contributed by atoms with Crippen molar-refractivity contribution < 1.29 is 9.47 Å². The largest absolute Gasteiger partial charge is 0.493 e. The Morgan fingerprint density at radius 3 is 2.89 bits per heavy atom. The van der Waals surface area contributed by atoms with Crippen molar-refractivity contribution in [2.75, 3.05) is 24.8 Å². The molecular formula is C18H21N7O2. The molecule has 0 unspecified atom stereocenters. The van der Waals surface area contributed by atoms with E-state index >= 15 is 0 Å². The molecule has 9 heteroatoms. The van der Waals surface area contributed by atoms with Crippen molar-refractivity contribution in [2.24, 2.45) is 0 Å². The topological polar surface area (TPSA) is 99.0 Å². The minimum atomic E-state index is 0.318. The standard InChI is InChI=1S/C18H21N7O2/c1-19-17-7-8-20-18(22-17)21-12-3-6-15(26-2)16(9-12)27-11-13-10-25(24-23-13)14-4-5-14/h3,6-10,14H,4-5,11H2,1-2H3,(H2,19,20,21,22). The number of hydrogen-bond donors (Lipinski definition) is 2. The number of methoxy groups -OCH3 is 1. The maximum absolute atomic E-state index is 5.92. The minimum absolute atomic E-state index is 0.318. The molecule has 2 N–H and O–H groups in total. The quantitative estimate of drug-likeness (QED) is 0.627. The highest BCUT2D eigenvalue weighted by Crippen LogP contribution is 2.34. The first-order valence-electron chi connectivity index (χ1n) is 8.74. The lowest BCUT2D eigenvalue weighted by Gasteiger charge is -2.12. The van der Waals surface area contributed by atoms with Crippen LogP contribution in [0.15, 0.2) is 36.7 Å². The highest BCUT2D eigenvalue weighted by atomic mass is 16.5. The molecule has 27 heavy (non-hydrogen) atoms. The van der Waals surface area contributed by atoms with E-state index in [1.807, 2.05) is 36.1 Å². The molecule has 0 bridgehead atoms. The Balaban J connectivity index is 1.47. The van der Waals surface area contributed by atoms with Gasteiger partial charge in [-0.2, -0.15) is 4.98 Å². The van der Waals surface area contributed by atoms with Gasteiger partial charge in [-0.15, -0.1) is 5.10 Å². The van der Waals surface area contributed by atoms with E-state index in [0.717, 1.165) is 17.2 Å². The number of rotatable bonds is 8. The van der Waals surface area contributed by atoms with Gasteiger partial charge in [-0.25, -0.2) is 9.67 Å². The van der Waals surface area contributed by atoms with E-state index in [0.29, 0.717) is 30.1 Å². The normalized spacial score (nSPS) is 13.3. The molecule has 0 spiro atoms. The second-order valence-corrected chi connectivity index (χ2v) is 6.22. The molecule has 1 fully saturated rings. The maximum Gasteiger partial charge on any atom is 0.229 e. The minimum Gasteiger partial charge on any atom is -0.493 e. The van der Waals surface area contributed by atoms with Crippen LogP contribution in [0, 0.1) is 0 Å². The third-order valence-electron chi connectivity index (χ3n) is 4.19. The van der Waals surface area contributed by atoms with Gasteiger partial charge < -0.3 is 20.1 Å². The first kappa shape index (κ1) is 17.1. The van der Waals surface area contributed by atoms with E-state index in [1.54, 1.807) is 19.4 Å². The SMILES string of the molecule is CNc1ccnc(Nc2ccc(OC)c(OCc3cn(C4CC4)nn3)c2)n1. The predicted molar refractivity (Wildman–Crippen MR) is 100 cm³/mol. The van der Waals surface area contributed by atoms with Crippen LogP contribution in [-0.2, 0) is 6.61 Å². The van der Waals surface area contributed by atoms with Crippen LogP contribution in [0.5, 0.6) is 11.5 Å². The molecule has 0 saturated heterocycles. The Morgan fingerprint density at radius 1 is 1.22 bits per heavy atom. The average molecular weight is 367 g/mol. The van der Waals surface area contributed by atoms with Crippen molar-refractivity contribution in [1.29, 1.82) is 0 Å². The Morgan fingerprint density at radius 2 is 2.11 bits per heavy atom. The summed E-state index contributed by atoms with van der Waals surface area (Å²) in [5, 5.41) is 14.5. The molecule has 0 atom stereocenters. The van der Waals surface area contributed by atoms with Crippen LogP contribution in [-0.4, -0.2) is 39.1 Å². The van der Waals surface area contributed by atoms with E-state index in [2.05, 4.69) is 30.9 Å². The Hall–Kier alpha value is -3.36. The molecule has 0 radical (unpaired) electrons. The molecule has 140 valence electrons. The van der Waals surface area contributed by atoms with Crippen LogP contribution in [0.2, 0.25) is 0 Å². The molecule has 4 rings (SSSR count). The van der Waals surface area contributed by atoms with Crippen LogP contribution < -0.4 is 20.1 Å². The van der Waals surface area contributed by atoms with Gasteiger partial charge in [0.1, 0.15) is 18.1 Å². The number of benzene rings is 1. The van der Waals surface area contributed by atoms with Crippen molar-refractivity contribution in [3.63, 3.8) is 0 Å². The summed E-state index contributed by atoms with van der Waals surface area (Å²) in [6, 6.07) is 7.86. The maximum atomic E-state index is 5.92. The smallest absolute Gasteiger partial charge is 0.229 e. The zero-order valence-electron chi connectivity index (χ0n) is 15.2. The molecule has 1 saturated carbocycles. The summed E-state index contributed by atoms with van der Waals surface area (Å²) in [5.41, 5.74) is 1.58. The highest BCUT2D eigenvalue weighted by Gasteiger charge is 2.24. The Labute approximate surface area is 156 Å². The second-order valence-electron chi connectivity index (χ2n) is 6.22. The molecular weight excluding hydrogens is 346 g/mol. The number of aromatic nitrogens is 5. The predicted octanol–water partition coefficient (Wildman–Crippen LogP) is 2.78. The van der Waals surface area contributed by atoms with Gasteiger partial charge in [-0.1, -0.05) is 5.21 Å². The van der Waals surface area contributed by atoms with Gasteiger partial charge in [-0.3, -0.25) is 0 Å². The molecule has 9 nitrogen and oxygen atoms in total. The third kappa shape index (κ3) is 4.08. The van der Waals surface area contributed by atoms with Crippen LogP contribution >= 0.6 is 0 Å². The monoisotopic (exact) mass is 367 g/mol. The van der Waals surface area contributed by atoms with Crippen LogP contribution in [0.3, 0.4) is 0 Å². The number of ether oxygens (including phenoxy) is 2. The first-order chi connectivity index (χ1) is 13.2. The summed E-state index contributed by atoms with van der Waals surface area (Å²) in [6.07, 6.45) is 5.96. The summed E-state index contributed by atoms with van der Waals surface area (Å²) in [4.78, 5) is 8.57. The van der Waals surface area contributed by atoms with Gasteiger partial charge in [0.15, 0.2) is 11.5 Å². The number of nitrogens with zero attached hydrogens (tertiary/aromatic N) is 5.